The van der Waals surface area contributed by atoms with E-state index >= 15 is 0 Å². The number of nitrogens with zero attached hydrogens (tertiary/aromatic N) is 6. The number of aromatic nitrogens is 4. The Morgan fingerprint density at radius 2 is 2.00 bits per heavy atom. The molecule has 1 aliphatic heterocycles. The number of methoxy groups -OCH3 is 1. The Balaban J connectivity index is 1.80. The predicted octanol–water partition coefficient (Wildman–Crippen LogP) is 1.99. The van der Waals surface area contributed by atoms with Gasteiger partial charge in [0.1, 0.15) is 11.6 Å². The molecule has 0 unspecified atom stereocenters. The minimum Gasteiger partial charge on any atom is -0.467 e. The van der Waals surface area contributed by atoms with Gasteiger partial charge in [0.25, 0.3) is 0 Å². The summed E-state index contributed by atoms with van der Waals surface area (Å²) in [5.74, 6) is 1.77. The van der Waals surface area contributed by atoms with Crippen molar-refractivity contribution in [3.05, 3.63) is 35.5 Å². The van der Waals surface area contributed by atoms with Crippen LogP contribution >= 0.6 is 0 Å². The maximum absolute atomic E-state index is 5.02. The Bertz CT molecular complexity index is 688. The van der Waals surface area contributed by atoms with Crippen LogP contribution < -0.4 is 9.64 Å². The molecule has 2 aromatic heterocycles. The van der Waals surface area contributed by atoms with Crippen LogP contribution in [-0.2, 0) is 6.54 Å². The number of aryl methyl sites for hydroxylation is 1. The molecule has 24 heavy (non-hydrogen) atoms. The lowest BCUT2D eigenvalue weighted by atomic mass is 10.1. The van der Waals surface area contributed by atoms with Crippen molar-refractivity contribution in [1.82, 2.24) is 24.8 Å². The van der Waals surface area contributed by atoms with Crippen molar-refractivity contribution in [1.29, 1.82) is 0 Å². The summed E-state index contributed by atoms with van der Waals surface area (Å²) in [4.78, 5) is 22.0. The van der Waals surface area contributed by atoms with Crippen LogP contribution in [0.1, 0.15) is 36.0 Å². The summed E-state index contributed by atoms with van der Waals surface area (Å²) in [6.45, 7) is 3.82. The number of ether oxygens (including phenoxy) is 1. The molecule has 0 radical (unpaired) electrons. The quantitative estimate of drug-likeness (QED) is 0.831. The minimum atomic E-state index is 0.313. The van der Waals surface area contributed by atoms with Crippen LogP contribution in [0.3, 0.4) is 0 Å². The molecule has 1 aliphatic rings. The van der Waals surface area contributed by atoms with Crippen molar-refractivity contribution in [2.45, 2.75) is 32.4 Å². The number of likely N-dealkylation sites (tertiary alicyclic amines) is 1. The average molecular weight is 328 g/mol. The summed E-state index contributed by atoms with van der Waals surface area (Å²) in [7, 11) is 5.59. The van der Waals surface area contributed by atoms with Crippen LogP contribution in [-0.4, -0.2) is 52.6 Å². The molecule has 0 N–H and O–H groups in total. The van der Waals surface area contributed by atoms with Crippen molar-refractivity contribution in [3.8, 4) is 6.01 Å². The van der Waals surface area contributed by atoms with Gasteiger partial charge in [0, 0.05) is 44.7 Å². The zero-order chi connectivity index (χ0) is 17.1. The van der Waals surface area contributed by atoms with Gasteiger partial charge in [-0.05, 0) is 26.3 Å². The van der Waals surface area contributed by atoms with Gasteiger partial charge in [-0.2, -0.15) is 0 Å². The summed E-state index contributed by atoms with van der Waals surface area (Å²) in [6.07, 6.45) is 5.94. The van der Waals surface area contributed by atoms with Gasteiger partial charge in [0.05, 0.1) is 18.8 Å². The first-order valence-corrected chi connectivity index (χ1v) is 8.18. The second-order valence-electron chi connectivity index (χ2n) is 6.30. The van der Waals surface area contributed by atoms with Gasteiger partial charge in [-0.3, -0.25) is 4.90 Å². The van der Waals surface area contributed by atoms with Crippen molar-refractivity contribution < 1.29 is 4.74 Å². The molecular weight excluding hydrogens is 304 g/mol. The summed E-state index contributed by atoms with van der Waals surface area (Å²) >= 11 is 0. The summed E-state index contributed by atoms with van der Waals surface area (Å²) in [5, 5.41) is 0. The van der Waals surface area contributed by atoms with E-state index < -0.39 is 0 Å². The molecule has 3 rings (SSSR count). The fourth-order valence-electron chi connectivity index (χ4n) is 3.09. The highest BCUT2D eigenvalue weighted by molar-refractivity contribution is 5.38. The molecule has 0 spiro atoms. The molecule has 1 atom stereocenters. The number of hydrogen-bond acceptors (Lipinski definition) is 7. The SMILES string of the molecule is COc1ncc(CN2CCC[C@H]2c2cc(N(C)C)nc(C)n2)cn1. The van der Waals surface area contributed by atoms with Crippen molar-refractivity contribution >= 4 is 5.82 Å². The highest BCUT2D eigenvalue weighted by Gasteiger charge is 2.28. The van der Waals surface area contributed by atoms with Crippen LogP contribution in [0.15, 0.2) is 18.5 Å². The molecule has 128 valence electrons. The third-order valence-corrected chi connectivity index (χ3v) is 4.26. The second kappa shape index (κ2) is 7.09. The maximum Gasteiger partial charge on any atom is 0.316 e. The van der Waals surface area contributed by atoms with E-state index in [9.17, 15) is 0 Å². The first-order valence-electron chi connectivity index (χ1n) is 8.18. The number of anilines is 1. The van der Waals surface area contributed by atoms with Gasteiger partial charge >= 0.3 is 6.01 Å². The zero-order valence-corrected chi connectivity index (χ0v) is 14.7. The van der Waals surface area contributed by atoms with Crippen molar-refractivity contribution in [2.24, 2.45) is 0 Å². The predicted molar refractivity (Wildman–Crippen MR) is 92.1 cm³/mol. The van der Waals surface area contributed by atoms with E-state index in [4.69, 9.17) is 4.74 Å². The van der Waals surface area contributed by atoms with Gasteiger partial charge in [0.2, 0.25) is 0 Å². The Hall–Kier alpha value is -2.28. The van der Waals surface area contributed by atoms with E-state index in [1.54, 1.807) is 7.11 Å². The monoisotopic (exact) mass is 328 g/mol. The average Bonchev–Trinajstić information content (AvgIpc) is 3.03. The Morgan fingerprint density at radius 3 is 2.67 bits per heavy atom. The maximum atomic E-state index is 5.02. The van der Waals surface area contributed by atoms with E-state index in [1.807, 2.05) is 38.3 Å². The lowest BCUT2D eigenvalue weighted by Gasteiger charge is -2.25. The molecule has 1 fully saturated rings. The smallest absolute Gasteiger partial charge is 0.316 e. The lowest BCUT2D eigenvalue weighted by molar-refractivity contribution is 0.243. The summed E-state index contributed by atoms with van der Waals surface area (Å²) < 4.78 is 5.02. The fraction of sp³-hybridized carbons (Fsp3) is 0.529. The molecule has 0 aliphatic carbocycles. The molecule has 7 heteroatoms. The first-order chi connectivity index (χ1) is 11.6. The Kier molecular flexibility index (Phi) is 4.89. The van der Waals surface area contributed by atoms with Gasteiger partial charge in [-0.1, -0.05) is 0 Å². The van der Waals surface area contributed by atoms with Crippen molar-refractivity contribution in [3.63, 3.8) is 0 Å². The van der Waals surface area contributed by atoms with E-state index in [-0.39, 0.29) is 0 Å². The molecule has 0 aromatic carbocycles. The molecule has 0 amide bonds. The highest BCUT2D eigenvalue weighted by Crippen LogP contribution is 2.33. The fourth-order valence-corrected chi connectivity index (χ4v) is 3.09. The van der Waals surface area contributed by atoms with Gasteiger partial charge in [0.15, 0.2) is 0 Å². The molecule has 7 nitrogen and oxygen atoms in total. The molecule has 1 saturated heterocycles. The van der Waals surface area contributed by atoms with Crippen LogP contribution in [0, 0.1) is 6.92 Å². The Labute approximate surface area is 142 Å². The third kappa shape index (κ3) is 3.62. The topological polar surface area (TPSA) is 67.3 Å². The van der Waals surface area contributed by atoms with Crippen LogP contribution in [0.25, 0.3) is 0 Å². The largest absolute Gasteiger partial charge is 0.467 e. The second-order valence-corrected chi connectivity index (χ2v) is 6.30. The Morgan fingerprint density at radius 1 is 1.25 bits per heavy atom. The molecule has 2 aromatic rings. The summed E-state index contributed by atoms with van der Waals surface area (Å²) in [5.41, 5.74) is 2.18. The van der Waals surface area contributed by atoms with E-state index in [0.29, 0.717) is 12.1 Å². The molecular formula is C17H24N6O. The van der Waals surface area contributed by atoms with E-state index in [0.717, 1.165) is 42.4 Å². The van der Waals surface area contributed by atoms with Crippen LogP contribution in [0.5, 0.6) is 6.01 Å². The molecule has 0 saturated carbocycles. The van der Waals surface area contributed by atoms with Gasteiger partial charge < -0.3 is 9.64 Å². The van der Waals surface area contributed by atoms with Gasteiger partial charge in [-0.15, -0.1) is 0 Å². The van der Waals surface area contributed by atoms with Crippen LogP contribution in [0.2, 0.25) is 0 Å². The number of hydrogen-bond donors (Lipinski definition) is 0. The van der Waals surface area contributed by atoms with Crippen LogP contribution in [0.4, 0.5) is 5.82 Å². The minimum absolute atomic E-state index is 0.313. The highest BCUT2D eigenvalue weighted by atomic mass is 16.5. The lowest BCUT2D eigenvalue weighted by Crippen LogP contribution is -2.24. The summed E-state index contributed by atoms with van der Waals surface area (Å²) in [6, 6.07) is 2.81. The van der Waals surface area contributed by atoms with E-state index in [1.165, 1.54) is 6.42 Å². The number of rotatable bonds is 5. The molecule has 0 bridgehead atoms. The van der Waals surface area contributed by atoms with Crippen molar-refractivity contribution in [2.75, 3.05) is 32.6 Å². The first kappa shape index (κ1) is 16.6. The zero-order valence-electron chi connectivity index (χ0n) is 14.7. The van der Waals surface area contributed by atoms with Gasteiger partial charge in [-0.25, -0.2) is 19.9 Å². The third-order valence-electron chi connectivity index (χ3n) is 4.26. The molecule has 3 heterocycles. The van der Waals surface area contributed by atoms with E-state index in [2.05, 4.69) is 30.9 Å². The normalized spacial score (nSPS) is 17.9. The standard InChI is InChI=1S/C17H24N6O/c1-12-20-14(8-16(21-12)22(2)3)15-6-5-7-23(15)11-13-9-18-17(24-4)19-10-13/h8-10,15H,5-7,11H2,1-4H3/t15-/m0/s1.